The summed E-state index contributed by atoms with van der Waals surface area (Å²) >= 11 is 14.4. The van der Waals surface area contributed by atoms with Crippen molar-refractivity contribution in [2.45, 2.75) is 19.6 Å². The molecule has 2 heterocycles. The molecule has 0 saturated heterocycles. The predicted molar refractivity (Wildman–Crippen MR) is 160 cm³/mol. The Morgan fingerprint density at radius 1 is 1.10 bits per heavy atom. The van der Waals surface area contributed by atoms with Gasteiger partial charge in [-0.05, 0) is 85.8 Å². The fourth-order valence-corrected chi connectivity index (χ4v) is 6.95. The van der Waals surface area contributed by atoms with Gasteiger partial charge >= 0.3 is 5.97 Å². The minimum atomic E-state index is -0.640. The van der Waals surface area contributed by atoms with Gasteiger partial charge in [0.05, 0.1) is 37.9 Å². The van der Waals surface area contributed by atoms with E-state index in [0.717, 1.165) is 25.6 Å². The van der Waals surface area contributed by atoms with Gasteiger partial charge in [-0.2, -0.15) is 0 Å². The number of methoxy groups -OCH3 is 1. The molecule has 0 aliphatic carbocycles. The van der Waals surface area contributed by atoms with E-state index in [9.17, 15) is 9.59 Å². The molecule has 0 N–H and O–H groups in total. The second kappa shape index (κ2) is 11.6. The van der Waals surface area contributed by atoms with Gasteiger partial charge in [0.15, 0.2) is 4.80 Å². The molecule has 5 rings (SSSR count). The number of halogens is 3. The van der Waals surface area contributed by atoms with Crippen molar-refractivity contribution in [3.05, 3.63) is 128 Å². The maximum absolute atomic E-state index is 13.7. The smallest absolute Gasteiger partial charge is 0.338 e. The van der Waals surface area contributed by atoms with E-state index in [4.69, 9.17) is 21.1 Å². The van der Waals surface area contributed by atoms with Crippen LogP contribution >= 0.6 is 54.8 Å². The molecule has 0 fully saturated rings. The van der Waals surface area contributed by atoms with Crippen LogP contribution in [0.2, 0.25) is 5.02 Å². The van der Waals surface area contributed by atoms with Crippen LogP contribution in [0.3, 0.4) is 0 Å². The lowest BCUT2D eigenvalue weighted by Gasteiger charge is -2.24. The third kappa shape index (κ3) is 5.68. The summed E-state index contributed by atoms with van der Waals surface area (Å²) in [6, 6.07) is 20.0. The van der Waals surface area contributed by atoms with Crippen molar-refractivity contribution in [3.63, 3.8) is 0 Å². The molecule has 0 bridgehead atoms. The number of esters is 1. The highest BCUT2D eigenvalue weighted by atomic mass is 79.9. The molecule has 0 spiro atoms. The number of allylic oxidation sites excluding steroid dienone is 1. The average Bonchev–Trinajstić information content (AvgIpc) is 3.22. The SMILES string of the molecule is COC(=O)C1=C(C)N=c2sc(=Cc3cc(Br)c(OCc4ccc(Cl)cc4)c(Br)c3)c(=O)n2C1c1ccccc1. The van der Waals surface area contributed by atoms with Crippen LogP contribution in [-0.2, 0) is 16.1 Å². The van der Waals surface area contributed by atoms with Gasteiger partial charge in [0.25, 0.3) is 5.56 Å². The molecule has 1 aliphatic rings. The molecule has 10 heteroatoms. The molecule has 4 aromatic rings. The van der Waals surface area contributed by atoms with Gasteiger partial charge in [-0.3, -0.25) is 9.36 Å². The summed E-state index contributed by atoms with van der Waals surface area (Å²) in [6.07, 6.45) is 1.81. The fraction of sp³-hybridized carbons (Fsp3) is 0.138. The summed E-state index contributed by atoms with van der Waals surface area (Å²) < 4.78 is 14.6. The lowest BCUT2D eigenvalue weighted by atomic mass is 9.96. The Kier molecular flexibility index (Phi) is 8.23. The normalized spacial score (nSPS) is 15.1. The van der Waals surface area contributed by atoms with Crippen LogP contribution in [0.25, 0.3) is 6.08 Å². The molecule has 3 aromatic carbocycles. The van der Waals surface area contributed by atoms with Crippen molar-refractivity contribution >= 4 is 66.8 Å². The summed E-state index contributed by atoms with van der Waals surface area (Å²) in [5, 5.41) is 0.669. The highest BCUT2D eigenvalue weighted by molar-refractivity contribution is 9.11. The zero-order valence-corrected chi connectivity index (χ0v) is 25.5. The van der Waals surface area contributed by atoms with Gasteiger partial charge in [-0.25, -0.2) is 9.79 Å². The minimum Gasteiger partial charge on any atom is -0.487 e. The number of carbonyl (C=O) groups is 1. The van der Waals surface area contributed by atoms with E-state index in [-0.39, 0.29) is 5.56 Å². The Labute approximate surface area is 250 Å². The van der Waals surface area contributed by atoms with Crippen LogP contribution in [0.5, 0.6) is 5.75 Å². The Balaban J connectivity index is 1.54. The van der Waals surface area contributed by atoms with E-state index < -0.39 is 12.0 Å². The molecule has 1 atom stereocenters. The maximum Gasteiger partial charge on any atom is 0.338 e. The highest BCUT2D eigenvalue weighted by Crippen LogP contribution is 2.36. The zero-order valence-electron chi connectivity index (χ0n) is 20.8. The molecule has 6 nitrogen and oxygen atoms in total. The first-order valence-corrected chi connectivity index (χ1v) is 14.6. The third-order valence-electron chi connectivity index (χ3n) is 6.16. The molecule has 1 aromatic heterocycles. The van der Waals surface area contributed by atoms with Crippen LogP contribution in [-0.4, -0.2) is 17.6 Å². The topological polar surface area (TPSA) is 69.9 Å². The molecule has 0 radical (unpaired) electrons. The molecule has 1 aliphatic heterocycles. The van der Waals surface area contributed by atoms with Crippen LogP contribution in [0.15, 0.2) is 96.7 Å². The summed E-state index contributed by atoms with van der Waals surface area (Å²) in [5.74, 6) is 0.132. The van der Waals surface area contributed by atoms with Gasteiger partial charge in [0.1, 0.15) is 12.4 Å². The highest BCUT2D eigenvalue weighted by Gasteiger charge is 2.32. The van der Waals surface area contributed by atoms with Gasteiger partial charge < -0.3 is 9.47 Å². The monoisotopic (exact) mass is 686 g/mol. The summed E-state index contributed by atoms with van der Waals surface area (Å²) in [5.41, 5.74) is 3.20. The second-order valence-corrected chi connectivity index (χ2v) is 11.9. The van der Waals surface area contributed by atoms with Crippen molar-refractivity contribution < 1.29 is 14.3 Å². The number of benzene rings is 3. The first-order chi connectivity index (χ1) is 18.8. The van der Waals surface area contributed by atoms with Crippen molar-refractivity contribution in [3.8, 4) is 5.75 Å². The number of ether oxygens (including phenoxy) is 2. The van der Waals surface area contributed by atoms with Crippen LogP contribution < -0.4 is 19.6 Å². The first kappa shape index (κ1) is 27.6. The van der Waals surface area contributed by atoms with Gasteiger partial charge in [-0.1, -0.05) is 65.4 Å². The van der Waals surface area contributed by atoms with Gasteiger partial charge in [0.2, 0.25) is 0 Å². The van der Waals surface area contributed by atoms with E-state index >= 15 is 0 Å². The molecule has 39 heavy (non-hydrogen) atoms. The number of hydrogen-bond donors (Lipinski definition) is 0. The number of rotatable bonds is 6. The second-order valence-electron chi connectivity index (χ2n) is 8.71. The molecular formula is C29H21Br2ClN2O4S. The van der Waals surface area contributed by atoms with Crippen LogP contribution in [0.1, 0.15) is 29.7 Å². The fourth-order valence-electron chi connectivity index (χ4n) is 4.33. The standard InChI is InChI=1S/C29H21Br2ClN2O4S/c1-16-24(28(36)37-2)25(19-6-4-3-5-7-19)34-27(35)23(39-29(34)33-16)14-18-12-21(30)26(22(31)13-18)38-15-17-8-10-20(32)11-9-17/h3-14,25H,15H2,1-2H3. The number of hydrogen-bond acceptors (Lipinski definition) is 6. The Morgan fingerprint density at radius 3 is 2.41 bits per heavy atom. The Morgan fingerprint density at radius 2 is 1.77 bits per heavy atom. The molecule has 0 amide bonds. The first-order valence-electron chi connectivity index (χ1n) is 11.8. The molecular weight excluding hydrogens is 668 g/mol. The largest absolute Gasteiger partial charge is 0.487 e. The maximum atomic E-state index is 13.7. The van der Waals surface area contributed by atoms with E-state index in [1.165, 1.54) is 18.4 Å². The summed E-state index contributed by atoms with van der Waals surface area (Å²) in [6.45, 7) is 2.13. The van der Waals surface area contributed by atoms with Crippen molar-refractivity contribution in [2.24, 2.45) is 4.99 Å². The zero-order chi connectivity index (χ0) is 27.7. The van der Waals surface area contributed by atoms with Crippen molar-refractivity contribution in [1.82, 2.24) is 4.57 Å². The minimum absolute atomic E-state index is 0.239. The molecule has 0 saturated carbocycles. The number of fused-ring (bicyclic) bond motifs is 1. The average molecular weight is 689 g/mol. The number of aromatic nitrogens is 1. The van der Waals surface area contributed by atoms with E-state index in [2.05, 4.69) is 36.9 Å². The Hall–Kier alpha value is -2.98. The molecule has 198 valence electrons. The van der Waals surface area contributed by atoms with Crippen LogP contribution in [0.4, 0.5) is 0 Å². The number of carbonyl (C=O) groups excluding carboxylic acids is 1. The Bertz CT molecular complexity index is 1760. The third-order valence-corrected chi connectivity index (χ3v) is 8.57. The van der Waals surface area contributed by atoms with Crippen LogP contribution in [0, 0.1) is 0 Å². The number of nitrogens with zero attached hydrogens (tertiary/aromatic N) is 2. The number of thiazole rings is 1. The van der Waals surface area contributed by atoms with E-state index in [1.807, 2.05) is 72.8 Å². The van der Waals surface area contributed by atoms with Crippen molar-refractivity contribution in [1.29, 1.82) is 0 Å². The van der Waals surface area contributed by atoms with E-state index in [1.54, 1.807) is 11.5 Å². The van der Waals surface area contributed by atoms with E-state index in [0.29, 0.717) is 38.0 Å². The van der Waals surface area contributed by atoms with Gasteiger partial charge in [-0.15, -0.1) is 0 Å². The quantitative estimate of drug-likeness (QED) is 0.228. The molecule has 1 unspecified atom stereocenters. The predicted octanol–water partition coefficient (Wildman–Crippen LogP) is 6.17. The van der Waals surface area contributed by atoms with Crippen molar-refractivity contribution in [2.75, 3.05) is 7.11 Å². The lowest BCUT2D eigenvalue weighted by Crippen LogP contribution is -2.39. The lowest BCUT2D eigenvalue weighted by molar-refractivity contribution is -0.136. The summed E-state index contributed by atoms with van der Waals surface area (Å²) in [7, 11) is 1.33. The summed E-state index contributed by atoms with van der Waals surface area (Å²) in [4.78, 5) is 31.6. The van der Waals surface area contributed by atoms with Gasteiger partial charge in [0, 0.05) is 5.02 Å².